The van der Waals surface area contributed by atoms with E-state index >= 15 is 8.78 Å². The maximum absolute atomic E-state index is 16.1. The molecule has 0 unspecified atom stereocenters. The molecule has 0 saturated carbocycles. The zero-order valence-corrected chi connectivity index (χ0v) is 28.9. The summed E-state index contributed by atoms with van der Waals surface area (Å²) < 4.78 is 82.2. The molecule has 0 saturated heterocycles. The molecule has 0 fully saturated rings. The van der Waals surface area contributed by atoms with Crippen LogP contribution in [-0.2, 0) is 10.7 Å². The molecular weight excluding hydrogens is 679 g/mol. The van der Waals surface area contributed by atoms with Crippen molar-refractivity contribution in [1.29, 1.82) is 0 Å². The van der Waals surface area contributed by atoms with Crippen molar-refractivity contribution in [2.24, 2.45) is 10.8 Å². The molecular formula is C35H39F5N6O3S. The third-order valence-corrected chi connectivity index (χ3v) is 9.23. The summed E-state index contributed by atoms with van der Waals surface area (Å²) in [4.78, 5) is 23.3. The topological polar surface area (TPSA) is 105 Å². The van der Waals surface area contributed by atoms with Crippen molar-refractivity contribution < 1.29 is 36.6 Å². The summed E-state index contributed by atoms with van der Waals surface area (Å²) in [5.41, 5.74) is -2.78. The standard InChI is InChI=1S/C35H39F5N6O3S/c1-32(2,31(47)48)21-45-19-9-5-8-18-34(36,37)24-12-7-6-11-23(24)30-25(15-16-26(41-30)44-50-29-14-10-13-27(45)42-29)46-20-17-28(43-46)49-22-33(3,4)35(38,39)40/h6-7,10-17,20H,5,8-9,18-19,21-22H2,1-4H3,(H,41,44)(H,47,48). The maximum Gasteiger partial charge on any atom is 0.397 e. The molecule has 0 spiro atoms. The van der Waals surface area contributed by atoms with Gasteiger partial charge in [0.05, 0.1) is 22.2 Å². The van der Waals surface area contributed by atoms with Gasteiger partial charge in [-0.1, -0.05) is 36.8 Å². The number of aromatic nitrogens is 4. The quantitative estimate of drug-likeness (QED) is 0.143. The van der Waals surface area contributed by atoms with Crippen LogP contribution in [0.25, 0.3) is 16.9 Å². The van der Waals surface area contributed by atoms with Crippen molar-refractivity contribution in [3.63, 3.8) is 0 Å². The van der Waals surface area contributed by atoms with Gasteiger partial charge in [0.1, 0.15) is 23.3 Å². The van der Waals surface area contributed by atoms with E-state index in [0.29, 0.717) is 41.7 Å². The van der Waals surface area contributed by atoms with Gasteiger partial charge in [0.2, 0.25) is 5.88 Å². The molecule has 4 heterocycles. The molecule has 3 aromatic heterocycles. The van der Waals surface area contributed by atoms with E-state index in [1.807, 2.05) is 11.0 Å². The number of hydrogen-bond donors (Lipinski definition) is 2. The number of pyridine rings is 2. The number of nitrogens with one attached hydrogen (secondary N) is 1. The molecule has 15 heteroatoms. The van der Waals surface area contributed by atoms with Crippen molar-refractivity contribution >= 4 is 29.6 Å². The van der Waals surface area contributed by atoms with Gasteiger partial charge in [0.15, 0.2) is 0 Å². The van der Waals surface area contributed by atoms with E-state index in [1.165, 1.54) is 29.1 Å². The normalized spacial score (nSPS) is 15.8. The minimum Gasteiger partial charge on any atom is -0.481 e. The van der Waals surface area contributed by atoms with Crippen LogP contribution in [0.1, 0.15) is 58.9 Å². The van der Waals surface area contributed by atoms with Crippen LogP contribution >= 0.6 is 11.9 Å². The second-order valence-corrected chi connectivity index (χ2v) is 14.4. The minimum absolute atomic E-state index is 0.0677. The molecule has 4 aromatic rings. The largest absolute Gasteiger partial charge is 0.481 e. The monoisotopic (exact) mass is 718 g/mol. The Morgan fingerprint density at radius 3 is 2.48 bits per heavy atom. The second-order valence-electron chi connectivity index (χ2n) is 13.5. The zero-order valence-electron chi connectivity index (χ0n) is 28.1. The molecule has 0 aliphatic carbocycles. The molecule has 5 rings (SSSR count). The molecule has 9 nitrogen and oxygen atoms in total. The van der Waals surface area contributed by atoms with E-state index in [9.17, 15) is 23.1 Å². The summed E-state index contributed by atoms with van der Waals surface area (Å²) in [6.07, 6.45) is -2.24. The predicted molar refractivity (Wildman–Crippen MR) is 182 cm³/mol. The van der Waals surface area contributed by atoms with Crippen LogP contribution < -0.4 is 14.4 Å². The van der Waals surface area contributed by atoms with Gasteiger partial charge in [-0.15, -0.1) is 5.10 Å². The van der Waals surface area contributed by atoms with Crippen LogP contribution in [0.3, 0.4) is 0 Å². The summed E-state index contributed by atoms with van der Waals surface area (Å²) in [7, 11) is 0. The number of hydrogen-bond acceptors (Lipinski definition) is 8. The van der Waals surface area contributed by atoms with Crippen LogP contribution in [0, 0.1) is 10.8 Å². The van der Waals surface area contributed by atoms with Gasteiger partial charge in [0.25, 0.3) is 5.92 Å². The second kappa shape index (κ2) is 14.4. The Labute approximate surface area is 291 Å². The smallest absolute Gasteiger partial charge is 0.397 e. The highest BCUT2D eigenvalue weighted by Gasteiger charge is 2.48. The molecule has 50 heavy (non-hydrogen) atoms. The average Bonchev–Trinajstić information content (AvgIpc) is 3.54. The number of aliphatic carboxylic acids is 1. The summed E-state index contributed by atoms with van der Waals surface area (Å²) in [5.74, 6) is -3.37. The van der Waals surface area contributed by atoms with E-state index < -0.39 is 41.9 Å². The molecule has 268 valence electrons. The molecule has 0 atom stereocenters. The Morgan fingerprint density at radius 1 is 0.980 bits per heavy atom. The van der Waals surface area contributed by atoms with Crippen molar-refractivity contribution in [2.75, 3.05) is 29.3 Å². The van der Waals surface area contributed by atoms with E-state index in [1.54, 1.807) is 50.2 Å². The van der Waals surface area contributed by atoms with Gasteiger partial charge in [0, 0.05) is 54.8 Å². The fraction of sp³-hybridized carbons (Fsp3) is 0.429. The lowest BCUT2D eigenvalue weighted by molar-refractivity contribution is -0.219. The molecule has 0 amide bonds. The zero-order chi connectivity index (χ0) is 36.3. The first-order chi connectivity index (χ1) is 23.5. The van der Waals surface area contributed by atoms with Crippen molar-refractivity contribution in [2.45, 2.75) is 70.5 Å². The van der Waals surface area contributed by atoms with E-state index in [-0.39, 0.29) is 35.7 Å². The van der Waals surface area contributed by atoms with Crippen LogP contribution in [-0.4, -0.2) is 56.7 Å². The molecule has 4 bridgehead atoms. The van der Waals surface area contributed by atoms with Gasteiger partial charge in [-0.25, -0.2) is 23.4 Å². The number of carboxylic acids is 1. The van der Waals surface area contributed by atoms with Gasteiger partial charge in [-0.3, -0.25) is 4.79 Å². The van der Waals surface area contributed by atoms with Crippen LogP contribution in [0.2, 0.25) is 0 Å². The van der Waals surface area contributed by atoms with Gasteiger partial charge >= 0.3 is 12.1 Å². The number of carboxylic acid groups (broad SMARTS) is 1. The molecule has 1 aromatic carbocycles. The van der Waals surface area contributed by atoms with Crippen LogP contribution in [0.4, 0.5) is 33.6 Å². The number of benzene rings is 1. The number of fused-ring (bicyclic) bond motifs is 6. The Balaban J connectivity index is 1.53. The fourth-order valence-corrected chi connectivity index (χ4v) is 5.89. The van der Waals surface area contributed by atoms with Crippen LogP contribution in [0.15, 0.2) is 71.9 Å². The lowest BCUT2D eigenvalue weighted by Gasteiger charge is -2.31. The Kier molecular flexibility index (Phi) is 10.7. The van der Waals surface area contributed by atoms with Crippen LogP contribution in [0.5, 0.6) is 5.88 Å². The summed E-state index contributed by atoms with van der Waals surface area (Å²) in [6.45, 7) is 5.26. The number of halogens is 5. The third-order valence-electron chi connectivity index (χ3n) is 8.49. The lowest BCUT2D eigenvalue weighted by atomic mass is 9.92. The number of ether oxygens (including phenoxy) is 1. The Bertz CT molecular complexity index is 1810. The van der Waals surface area contributed by atoms with E-state index in [4.69, 9.17) is 14.7 Å². The summed E-state index contributed by atoms with van der Waals surface area (Å²) in [6, 6.07) is 16.1. The first-order valence-electron chi connectivity index (χ1n) is 16.1. The van der Waals surface area contributed by atoms with Crippen molar-refractivity contribution in [3.8, 4) is 22.8 Å². The molecule has 1 aliphatic rings. The molecule has 0 radical (unpaired) electrons. The Hall–Kier alpha value is -4.40. The molecule has 1 aliphatic heterocycles. The SMILES string of the molecule is CC(C)(CN1CCCCCC(F)(F)c2ccccc2-c2nc(ccc2-n2ccc(OCC(C)(C)C(F)(F)F)n2)NSc2cccc1n2)C(=O)O. The maximum atomic E-state index is 16.1. The number of anilines is 2. The number of carbonyl (C=O) groups is 1. The summed E-state index contributed by atoms with van der Waals surface area (Å²) >= 11 is 1.15. The first-order valence-corrected chi connectivity index (χ1v) is 16.9. The number of nitrogens with zero attached hydrogens (tertiary/aromatic N) is 5. The predicted octanol–water partition coefficient (Wildman–Crippen LogP) is 9.00. The van der Waals surface area contributed by atoms with Crippen molar-refractivity contribution in [3.05, 3.63) is 72.4 Å². The van der Waals surface area contributed by atoms with Gasteiger partial charge < -0.3 is 19.5 Å². The third kappa shape index (κ3) is 8.48. The highest BCUT2D eigenvalue weighted by Crippen LogP contribution is 2.42. The number of alkyl halides is 5. The highest BCUT2D eigenvalue weighted by atomic mass is 32.2. The summed E-state index contributed by atoms with van der Waals surface area (Å²) in [5, 5.41) is 14.7. The average molecular weight is 719 g/mol. The minimum atomic E-state index is -4.49. The van der Waals surface area contributed by atoms with E-state index in [2.05, 4.69) is 9.82 Å². The molecule has 2 N–H and O–H groups in total. The highest BCUT2D eigenvalue weighted by molar-refractivity contribution is 8.00. The van der Waals surface area contributed by atoms with Crippen molar-refractivity contribution in [1.82, 2.24) is 19.7 Å². The van der Waals surface area contributed by atoms with Gasteiger partial charge in [-0.2, -0.15) is 13.2 Å². The van der Waals surface area contributed by atoms with Gasteiger partial charge in [-0.05, 0) is 64.8 Å². The van der Waals surface area contributed by atoms with E-state index in [0.717, 1.165) is 25.8 Å². The lowest BCUT2D eigenvalue weighted by Crippen LogP contribution is -2.40. The fourth-order valence-electron chi connectivity index (χ4n) is 5.28. The Morgan fingerprint density at radius 2 is 1.74 bits per heavy atom. The first kappa shape index (κ1) is 36.9. The number of rotatable bonds is 7.